The normalized spacial score (nSPS) is 12.6. The van der Waals surface area contributed by atoms with Crippen LogP contribution in [0.25, 0.3) is 6.08 Å². The first kappa shape index (κ1) is 15.4. The van der Waals surface area contributed by atoms with Crippen LogP contribution in [-0.4, -0.2) is 34.5 Å². The molecule has 0 spiro atoms. The van der Waals surface area contributed by atoms with E-state index in [4.69, 9.17) is 5.11 Å². The summed E-state index contributed by atoms with van der Waals surface area (Å²) in [7, 11) is 0. The molecule has 1 aromatic heterocycles. The quantitative estimate of drug-likeness (QED) is 0.816. The molecule has 4 nitrogen and oxygen atoms in total. The number of thiophene rings is 1. The van der Waals surface area contributed by atoms with Gasteiger partial charge in [-0.3, -0.25) is 9.59 Å². The molecule has 0 aromatic carbocycles. The molecule has 0 aliphatic heterocycles. The summed E-state index contributed by atoms with van der Waals surface area (Å²) in [5.74, 6) is -1.25. The molecule has 0 fully saturated rings. The van der Waals surface area contributed by atoms with Gasteiger partial charge in [0.2, 0.25) is 5.91 Å². The first-order valence-electron chi connectivity index (χ1n) is 6.21. The highest BCUT2D eigenvalue weighted by Gasteiger charge is 2.19. The zero-order valence-corrected chi connectivity index (χ0v) is 12.2. The lowest BCUT2D eigenvalue weighted by Crippen LogP contribution is -2.40. The van der Waals surface area contributed by atoms with E-state index >= 15 is 0 Å². The zero-order chi connectivity index (χ0) is 14.4. The summed E-state index contributed by atoms with van der Waals surface area (Å²) in [5, 5.41) is 8.85. The van der Waals surface area contributed by atoms with Gasteiger partial charge >= 0.3 is 5.97 Å². The van der Waals surface area contributed by atoms with Gasteiger partial charge in [-0.15, -0.1) is 11.3 Å². The van der Waals surface area contributed by atoms with Crippen molar-refractivity contribution in [1.82, 2.24) is 4.90 Å². The monoisotopic (exact) mass is 281 g/mol. The Kier molecular flexibility index (Phi) is 5.76. The molecule has 104 valence electrons. The van der Waals surface area contributed by atoms with Crippen molar-refractivity contribution in [2.45, 2.75) is 33.2 Å². The fourth-order valence-corrected chi connectivity index (χ4v) is 2.39. The third-order valence-corrected chi connectivity index (χ3v) is 3.83. The van der Waals surface area contributed by atoms with Gasteiger partial charge in [-0.2, -0.15) is 0 Å². The zero-order valence-electron chi connectivity index (χ0n) is 11.4. The molecule has 1 atom stereocenters. The highest BCUT2D eigenvalue weighted by Crippen LogP contribution is 2.16. The second-order valence-electron chi connectivity index (χ2n) is 4.40. The van der Waals surface area contributed by atoms with Crippen molar-refractivity contribution in [2.75, 3.05) is 6.54 Å². The third kappa shape index (κ3) is 4.87. The summed E-state index contributed by atoms with van der Waals surface area (Å²) in [6, 6.07) is 3.84. The van der Waals surface area contributed by atoms with Crippen LogP contribution < -0.4 is 0 Å². The van der Waals surface area contributed by atoms with Gasteiger partial charge in [0.25, 0.3) is 0 Å². The van der Waals surface area contributed by atoms with Gasteiger partial charge < -0.3 is 10.0 Å². The number of amides is 1. The van der Waals surface area contributed by atoms with Crippen LogP contribution in [0, 0.1) is 6.92 Å². The summed E-state index contributed by atoms with van der Waals surface area (Å²) in [6.45, 7) is 5.52. The highest BCUT2D eigenvalue weighted by atomic mass is 32.1. The minimum atomic E-state index is -0.992. The largest absolute Gasteiger partial charge is 0.480 e. The van der Waals surface area contributed by atoms with Crippen molar-refractivity contribution in [3.8, 4) is 0 Å². The van der Waals surface area contributed by atoms with Crippen molar-refractivity contribution in [2.24, 2.45) is 0 Å². The number of hydrogen-bond acceptors (Lipinski definition) is 3. The average Bonchev–Trinajstić information content (AvgIpc) is 2.77. The van der Waals surface area contributed by atoms with E-state index in [0.717, 1.165) is 11.3 Å². The van der Waals surface area contributed by atoms with Crippen molar-refractivity contribution in [3.05, 3.63) is 28.0 Å². The number of carbonyl (C=O) groups excluding carboxylic acids is 1. The van der Waals surface area contributed by atoms with Gasteiger partial charge in [0.1, 0.15) is 6.54 Å². The lowest BCUT2D eigenvalue weighted by atomic mass is 10.2. The number of hydrogen-bond donors (Lipinski definition) is 1. The summed E-state index contributed by atoms with van der Waals surface area (Å²) in [6.07, 6.45) is 3.91. The Hall–Kier alpha value is -1.62. The molecule has 1 N–H and O–H groups in total. The number of nitrogens with zero attached hydrogens (tertiary/aromatic N) is 1. The van der Waals surface area contributed by atoms with Crippen molar-refractivity contribution in [1.29, 1.82) is 0 Å². The molecule has 1 heterocycles. The molecule has 1 amide bonds. The Bertz CT molecular complexity index is 479. The molecule has 0 aliphatic carbocycles. The molecule has 0 saturated carbocycles. The number of carboxylic acids is 1. The molecule has 1 rings (SSSR count). The number of aliphatic carboxylic acids is 1. The van der Waals surface area contributed by atoms with Crippen LogP contribution in [-0.2, 0) is 9.59 Å². The Morgan fingerprint density at radius 2 is 2.16 bits per heavy atom. The van der Waals surface area contributed by atoms with Crippen LogP contribution in [0.3, 0.4) is 0 Å². The average molecular weight is 281 g/mol. The molecule has 1 unspecified atom stereocenters. The number of rotatable bonds is 6. The maximum absolute atomic E-state index is 12.0. The second kappa shape index (κ2) is 7.09. The van der Waals surface area contributed by atoms with Crippen LogP contribution in [0.15, 0.2) is 18.2 Å². The SMILES string of the molecule is CCC(C)N(CC(=O)O)C(=O)/C=C/c1ccc(C)s1. The topological polar surface area (TPSA) is 57.6 Å². The van der Waals surface area contributed by atoms with E-state index in [1.165, 1.54) is 15.9 Å². The number of carbonyl (C=O) groups is 2. The fraction of sp³-hybridized carbons (Fsp3) is 0.429. The van der Waals surface area contributed by atoms with E-state index in [1.807, 2.05) is 32.9 Å². The summed E-state index contributed by atoms with van der Waals surface area (Å²) < 4.78 is 0. The highest BCUT2D eigenvalue weighted by molar-refractivity contribution is 7.12. The smallest absolute Gasteiger partial charge is 0.323 e. The Morgan fingerprint density at radius 1 is 1.47 bits per heavy atom. The predicted octanol–water partition coefficient (Wildman–Crippen LogP) is 2.78. The second-order valence-corrected chi connectivity index (χ2v) is 5.72. The Morgan fingerprint density at radius 3 is 2.63 bits per heavy atom. The van der Waals surface area contributed by atoms with E-state index in [2.05, 4.69) is 0 Å². The van der Waals surface area contributed by atoms with Gasteiger partial charge in [-0.25, -0.2) is 0 Å². The van der Waals surface area contributed by atoms with Crippen molar-refractivity contribution < 1.29 is 14.7 Å². The van der Waals surface area contributed by atoms with E-state index in [0.29, 0.717) is 0 Å². The van der Waals surface area contributed by atoms with Crippen LogP contribution in [0.4, 0.5) is 0 Å². The van der Waals surface area contributed by atoms with E-state index in [9.17, 15) is 9.59 Å². The molecule has 0 aliphatic rings. The van der Waals surface area contributed by atoms with Gasteiger partial charge in [-0.05, 0) is 38.5 Å². The van der Waals surface area contributed by atoms with Crippen molar-refractivity contribution in [3.63, 3.8) is 0 Å². The van der Waals surface area contributed by atoms with Gasteiger partial charge in [0, 0.05) is 21.9 Å². The molecular formula is C14H19NO3S. The minimum absolute atomic E-state index is 0.0849. The van der Waals surface area contributed by atoms with Crippen LogP contribution >= 0.6 is 11.3 Å². The molecule has 1 aromatic rings. The number of aryl methyl sites for hydroxylation is 1. The third-order valence-electron chi connectivity index (χ3n) is 2.86. The minimum Gasteiger partial charge on any atom is -0.480 e. The molecule has 0 saturated heterocycles. The first-order valence-corrected chi connectivity index (χ1v) is 7.02. The Labute approximate surface area is 117 Å². The number of carboxylic acid groups (broad SMARTS) is 1. The van der Waals surface area contributed by atoms with Crippen molar-refractivity contribution >= 4 is 29.3 Å². The van der Waals surface area contributed by atoms with Gasteiger partial charge in [-0.1, -0.05) is 6.92 Å². The lowest BCUT2D eigenvalue weighted by molar-refractivity contribution is -0.144. The molecule has 19 heavy (non-hydrogen) atoms. The van der Waals surface area contributed by atoms with Crippen LogP contribution in [0.1, 0.15) is 30.0 Å². The summed E-state index contributed by atoms with van der Waals surface area (Å²) >= 11 is 1.60. The summed E-state index contributed by atoms with van der Waals surface area (Å²) in [4.78, 5) is 26.4. The van der Waals surface area contributed by atoms with E-state index < -0.39 is 5.97 Å². The van der Waals surface area contributed by atoms with Gasteiger partial charge in [0.05, 0.1) is 0 Å². The van der Waals surface area contributed by atoms with Crippen LogP contribution in [0.5, 0.6) is 0 Å². The maximum Gasteiger partial charge on any atom is 0.323 e. The standard InChI is InChI=1S/C14H19NO3S/c1-4-10(2)15(9-14(17)18)13(16)8-7-12-6-5-11(3)19-12/h5-8,10H,4,9H2,1-3H3,(H,17,18)/b8-7+. The maximum atomic E-state index is 12.0. The summed E-state index contributed by atoms with van der Waals surface area (Å²) in [5.41, 5.74) is 0. The van der Waals surface area contributed by atoms with Crippen LogP contribution in [0.2, 0.25) is 0 Å². The van der Waals surface area contributed by atoms with E-state index in [1.54, 1.807) is 17.4 Å². The molecule has 0 bridgehead atoms. The fourth-order valence-electron chi connectivity index (χ4n) is 1.61. The molecular weight excluding hydrogens is 262 g/mol. The Balaban J connectivity index is 2.76. The molecule has 0 radical (unpaired) electrons. The first-order chi connectivity index (χ1) is 8.93. The lowest BCUT2D eigenvalue weighted by Gasteiger charge is -2.25. The van der Waals surface area contributed by atoms with Gasteiger partial charge in [0.15, 0.2) is 0 Å². The molecule has 5 heteroatoms. The predicted molar refractivity (Wildman–Crippen MR) is 77.2 cm³/mol. The van der Waals surface area contributed by atoms with E-state index in [-0.39, 0.29) is 18.5 Å².